The second-order valence-electron chi connectivity index (χ2n) is 3.96. The molecule has 0 heterocycles. The van der Waals surface area contributed by atoms with Gasteiger partial charge >= 0.3 is 0 Å². The maximum absolute atomic E-state index is 9.13. The van der Waals surface area contributed by atoms with Crippen LogP contribution in [-0.2, 0) is 4.74 Å². The first-order chi connectivity index (χ1) is 4.97. The van der Waals surface area contributed by atoms with Gasteiger partial charge in [0.2, 0.25) is 0 Å². The van der Waals surface area contributed by atoms with Gasteiger partial charge in [0.25, 0.3) is 0 Å². The number of aliphatic hydroxyl groups excluding tert-OH is 1. The summed E-state index contributed by atoms with van der Waals surface area (Å²) < 4.78 is 5.62. The lowest BCUT2D eigenvalue weighted by Crippen LogP contribution is -2.26. The van der Waals surface area contributed by atoms with Gasteiger partial charge in [-0.1, -0.05) is 12.2 Å². The summed E-state index contributed by atoms with van der Waals surface area (Å²) in [5.41, 5.74) is -0.112. The van der Waals surface area contributed by atoms with Gasteiger partial charge in [0.15, 0.2) is 0 Å². The summed E-state index contributed by atoms with van der Waals surface area (Å²) in [7, 11) is 0. The predicted octanol–water partition coefficient (Wildman–Crippen LogP) is 1.49. The third-order valence-electron chi connectivity index (χ3n) is 1.53. The molecule has 1 aliphatic carbocycles. The molecule has 1 rings (SSSR count). The molecule has 1 N–H and O–H groups in total. The highest BCUT2D eigenvalue weighted by Gasteiger charge is 2.22. The minimum Gasteiger partial charge on any atom is -0.389 e. The minimum absolute atomic E-state index is 0.102. The summed E-state index contributed by atoms with van der Waals surface area (Å²) in [6.07, 6.45) is 4.22. The number of rotatable bonds is 1. The molecule has 0 saturated carbocycles. The molecule has 2 nitrogen and oxygen atoms in total. The zero-order valence-electron chi connectivity index (χ0n) is 7.37. The van der Waals surface area contributed by atoms with Crippen LogP contribution in [0.2, 0.25) is 0 Å². The number of aliphatic hydroxyl groups is 1. The van der Waals surface area contributed by atoms with E-state index in [2.05, 4.69) is 0 Å². The lowest BCUT2D eigenvalue weighted by molar-refractivity contribution is -0.0449. The molecule has 11 heavy (non-hydrogen) atoms. The molecule has 2 heteroatoms. The van der Waals surface area contributed by atoms with Crippen LogP contribution in [-0.4, -0.2) is 22.9 Å². The average Bonchev–Trinajstić information content (AvgIpc) is 2.10. The smallest absolute Gasteiger partial charge is 0.0791 e. The highest BCUT2D eigenvalue weighted by atomic mass is 16.5. The van der Waals surface area contributed by atoms with E-state index in [1.54, 1.807) is 6.08 Å². The summed E-state index contributed by atoms with van der Waals surface area (Å²) in [6.45, 7) is 6.06. The first kappa shape index (κ1) is 8.75. The third-order valence-corrected chi connectivity index (χ3v) is 1.53. The molecule has 0 bridgehead atoms. The van der Waals surface area contributed by atoms with Gasteiger partial charge in [-0.15, -0.1) is 0 Å². The van der Waals surface area contributed by atoms with Crippen LogP contribution < -0.4 is 0 Å². The van der Waals surface area contributed by atoms with Crippen LogP contribution in [0.1, 0.15) is 27.2 Å². The normalized spacial score (nSPS) is 31.3. The molecular weight excluding hydrogens is 140 g/mol. The van der Waals surface area contributed by atoms with Crippen molar-refractivity contribution in [2.75, 3.05) is 0 Å². The van der Waals surface area contributed by atoms with E-state index in [-0.39, 0.29) is 17.8 Å². The van der Waals surface area contributed by atoms with Crippen molar-refractivity contribution in [1.82, 2.24) is 0 Å². The molecule has 0 aromatic rings. The van der Waals surface area contributed by atoms with E-state index in [9.17, 15) is 0 Å². The van der Waals surface area contributed by atoms with Crippen LogP contribution in [0.3, 0.4) is 0 Å². The zero-order chi connectivity index (χ0) is 8.48. The summed E-state index contributed by atoms with van der Waals surface area (Å²) >= 11 is 0. The third kappa shape index (κ3) is 3.04. The Labute approximate surface area is 67.9 Å². The van der Waals surface area contributed by atoms with Crippen molar-refractivity contribution < 1.29 is 9.84 Å². The number of hydrogen-bond acceptors (Lipinski definition) is 2. The standard InChI is InChI=1S/C9H16O2/c1-9(2,3)11-8-5-4-7(10)6-8/h4-5,7-8,10H,6H2,1-3H3/t7-,8-/m1/s1. The van der Waals surface area contributed by atoms with Gasteiger partial charge < -0.3 is 9.84 Å². The quantitative estimate of drug-likeness (QED) is 0.583. The Hall–Kier alpha value is -0.340. The SMILES string of the molecule is CC(C)(C)O[C@@H]1C=C[C@@H](O)C1. The Morgan fingerprint density at radius 2 is 2.00 bits per heavy atom. The van der Waals surface area contributed by atoms with E-state index < -0.39 is 0 Å². The van der Waals surface area contributed by atoms with Gasteiger partial charge in [-0.2, -0.15) is 0 Å². The fourth-order valence-corrected chi connectivity index (χ4v) is 1.19. The van der Waals surface area contributed by atoms with Crippen LogP contribution >= 0.6 is 0 Å². The van der Waals surface area contributed by atoms with Gasteiger partial charge in [-0.25, -0.2) is 0 Å². The Balaban J connectivity index is 2.36. The minimum atomic E-state index is -0.303. The van der Waals surface area contributed by atoms with Crippen molar-refractivity contribution in [2.24, 2.45) is 0 Å². The molecule has 0 aromatic heterocycles. The second-order valence-corrected chi connectivity index (χ2v) is 3.96. The molecule has 0 aliphatic heterocycles. The Kier molecular flexibility index (Phi) is 2.35. The van der Waals surface area contributed by atoms with Crippen LogP contribution in [0, 0.1) is 0 Å². The van der Waals surface area contributed by atoms with E-state index in [1.165, 1.54) is 0 Å². The summed E-state index contributed by atoms with van der Waals surface area (Å²) in [5.74, 6) is 0. The number of ether oxygens (including phenoxy) is 1. The lowest BCUT2D eigenvalue weighted by atomic mass is 10.1. The maximum Gasteiger partial charge on any atom is 0.0791 e. The summed E-state index contributed by atoms with van der Waals surface area (Å²) in [5, 5.41) is 9.13. The molecule has 0 amide bonds. The van der Waals surface area contributed by atoms with Gasteiger partial charge in [0, 0.05) is 6.42 Å². The predicted molar refractivity (Wildman–Crippen MR) is 44.4 cm³/mol. The van der Waals surface area contributed by atoms with Crippen LogP contribution in [0.5, 0.6) is 0 Å². The van der Waals surface area contributed by atoms with Crippen molar-refractivity contribution in [1.29, 1.82) is 0 Å². The van der Waals surface area contributed by atoms with E-state index in [1.807, 2.05) is 26.8 Å². The summed E-state index contributed by atoms with van der Waals surface area (Å²) in [6, 6.07) is 0. The highest BCUT2D eigenvalue weighted by Crippen LogP contribution is 2.20. The van der Waals surface area contributed by atoms with E-state index in [0.717, 1.165) is 0 Å². The Morgan fingerprint density at radius 1 is 1.36 bits per heavy atom. The highest BCUT2D eigenvalue weighted by molar-refractivity contribution is 5.04. The maximum atomic E-state index is 9.13. The van der Waals surface area contributed by atoms with Crippen molar-refractivity contribution in [2.45, 2.75) is 45.0 Å². The van der Waals surface area contributed by atoms with Crippen molar-refractivity contribution in [3.8, 4) is 0 Å². The molecule has 1 aliphatic rings. The van der Waals surface area contributed by atoms with Gasteiger partial charge in [-0.05, 0) is 20.8 Å². The van der Waals surface area contributed by atoms with Gasteiger partial charge in [0.1, 0.15) is 0 Å². The molecule has 0 unspecified atom stereocenters. The molecule has 2 atom stereocenters. The first-order valence-electron chi connectivity index (χ1n) is 4.01. The lowest BCUT2D eigenvalue weighted by Gasteiger charge is -2.23. The zero-order valence-corrected chi connectivity index (χ0v) is 7.37. The fourth-order valence-electron chi connectivity index (χ4n) is 1.19. The van der Waals surface area contributed by atoms with Crippen molar-refractivity contribution >= 4 is 0 Å². The molecule has 0 fully saturated rings. The van der Waals surface area contributed by atoms with Gasteiger partial charge in [-0.3, -0.25) is 0 Å². The second kappa shape index (κ2) is 2.95. The molecule has 64 valence electrons. The molecule has 0 saturated heterocycles. The van der Waals surface area contributed by atoms with Crippen LogP contribution in [0.25, 0.3) is 0 Å². The topological polar surface area (TPSA) is 29.5 Å². The Bertz CT molecular complexity index is 155. The average molecular weight is 156 g/mol. The molecular formula is C9H16O2. The fraction of sp³-hybridized carbons (Fsp3) is 0.778. The Morgan fingerprint density at radius 3 is 2.36 bits per heavy atom. The molecule has 0 spiro atoms. The monoisotopic (exact) mass is 156 g/mol. The molecule has 0 aromatic carbocycles. The van der Waals surface area contributed by atoms with Crippen molar-refractivity contribution in [3.63, 3.8) is 0 Å². The molecule has 0 radical (unpaired) electrons. The van der Waals surface area contributed by atoms with E-state index in [0.29, 0.717) is 6.42 Å². The largest absolute Gasteiger partial charge is 0.389 e. The van der Waals surface area contributed by atoms with E-state index in [4.69, 9.17) is 9.84 Å². The van der Waals surface area contributed by atoms with Crippen LogP contribution in [0.4, 0.5) is 0 Å². The van der Waals surface area contributed by atoms with Crippen molar-refractivity contribution in [3.05, 3.63) is 12.2 Å². The van der Waals surface area contributed by atoms with Crippen LogP contribution in [0.15, 0.2) is 12.2 Å². The van der Waals surface area contributed by atoms with E-state index >= 15 is 0 Å². The number of hydrogen-bond donors (Lipinski definition) is 1. The van der Waals surface area contributed by atoms with Gasteiger partial charge in [0.05, 0.1) is 17.8 Å². The summed E-state index contributed by atoms with van der Waals surface area (Å²) in [4.78, 5) is 0. The first-order valence-corrected chi connectivity index (χ1v) is 4.01.